The highest BCUT2D eigenvalue weighted by atomic mass is 32.1. The molecule has 1 atom stereocenters. The molecule has 1 aromatic carbocycles. The molecule has 0 radical (unpaired) electrons. The van der Waals surface area contributed by atoms with Gasteiger partial charge in [-0.1, -0.05) is 18.2 Å². The van der Waals surface area contributed by atoms with E-state index in [-0.39, 0.29) is 5.82 Å². The van der Waals surface area contributed by atoms with Gasteiger partial charge in [0.05, 0.1) is 5.54 Å². The van der Waals surface area contributed by atoms with Crippen LogP contribution in [0.15, 0.2) is 36.4 Å². The number of hydrogen-bond acceptors (Lipinski definition) is 2. The SMILES string of the molecule is Cc1ccc(C(C)(N)Cc2ccccc2F)s1. The maximum atomic E-state index is 13.6. The van der Waals surface area contributed by atoms with Crippen molar-refractivity contribution in [1.29, 1.82) is 0 Å². The third-order valence-corrected chi connectivity index (χ3v) is 4.10. The van der Waals surface area contributed by atoms with Crippen molar-refractivity contribution in [3.63, 3.8) is 0 Å². The van der Waals surface area contributed by atoms with E-state index >= 15 is 0 Å². The summed E-state index contributed by atoms with van der Waals surface area (Å²) in [6.45, 7) is 4.00. The van der Waals surface area contributed by atoms with Crippen molar-refractivity contribution in [2.45, 2.75) is 25.8 Å². The summed E-state index contributed by atoms with van der Waals surface area (Å²) in [6, 6.07) is 10.9. The van der Waals surface area contributed by atoms with Gasteiger partial charge in [-0.3, -0.25) is 0 Å². The Kier molecular flexibility index (Phi) is 3.31. The highest BCUT2D eigenvalue weighted by Crippen LogP contribution is 2.29. The predicted octanol–water partition coefficient (Wildman–Crippen LogP) is 3.61. The van der Waals surface area contributed by atoms with Gasteiger partial charge in [0.2, 0.25) is 0 Å². The number of halogens is 1. The summed E-state index contributed by atoms with van der Waals surface area (Å²) < 4.78 is 13.6. The monoisotopic (exact) mass is 249 g/mol. The largest absolute Gasteiger partial charge is 0.321 e. The van der Waals surface area contributed by atoms with E-state index in [1.54, 1.807) is 23.5 Å². The van der Waals surface area contributed by atoms with Crippen molar-refractivity contribution >= 4 is 11.3 Å². The van der Waals surface area contributed by atoms with Crippen molar-refractivity contribution in [3.8, 4) is 0 Å². The smallest absolute Gasteiger partial charge is 0.126 e. The molecule has 0 spiro atoms. The molecule has 2 rings (SSSR count). The molecular weight excluding hydrogens is 233 g/mol. The molecule has 1 nitrogen and oxygen atoms in total. The average Bonchev–Trinajstić information content (AvgIpc) is 2.69. The van der Waals surface area contributed by atoms with Crippen LogP contribution in [0.1, 0.15) is 22.2 Å². The van der Waals surface area contributed by atoms with Gasteiger partial charge in [-0.25, -0.2) is 4.39 Å². The summed E-state index contributed by atoms with van der Waals surface area (Å²) in [5.74, 6) is -0.183. The third kappa shape index (κ3) is 2.73. The van der Waals surface area contributed by atoms with E-state index in [9.17, 15) is 4.39 Å². The predicted molar refractivity (Wildman–Crippen MR) is 70.7 cm³/mol. The third-order valence-electron chi connectivity index (χ3n) is 2.82. The second-order valence-corrected chi connectivity index (χ2v) is 5.88. The molecule has 0 fully saturated rings. The summed E-state index contributed by atoms with van der Waals surface area (Å²) in [4.78, 5) is 2.32. The Balaban J connectivity index is 2.26. The van der Waals surface area contributed by atoms with Gasteiger partial charge in [-0.2, -0.15) is 0 Å². The summed E-state index contributed by atoms with van der Waals surface area (Å²) in [7, 11) is 0. The average molecular weight is 249 g/mol. The topological polar surface area (TPSA) is 26.0 Å². The van der Waals surface area contributed by atoms with Gasteiger partial charge >= 0.3 is 0 Å². The van der Waals surface area contributed by atoms with Gasteiger partial charge < -0.3 is 5.73 Å². The molecule has 2 aromatic rings. The molecule has 2 N–H and O–H groups in total. The van der Waals surface area contributed by atoms with E-state index in [1.165, 1.54) is 10.9 Å². The second-order valence-electron chi connectivity index (χ2n) is 4.60. The normalized spacial score (nSPS) is 14.6. The molecule has 1 aromatic heterocycles. The van der Waals surface area contributed by atoms with Gasteiger partial charge in [0.25, 0.3) is 0 Å². The van der Waals surface area contributed by atoms with Crippen LogP contribution in [-0.2, 0) is 12.0 Å². The lowest BCUT2D eigenvalue weighted by Gasteiger charge is -2.23. The lowest BCUT2D eigenvalue weighted by molar-refractivity contribution is 0.484. The molecular formula is C14H16FNS. The minimum Gasteiger partial charge on any atom is -0.321 e. The molecule has 0 saturated heterocycles. The van der Waals surface area contributed by atoms with Crippen LogP contribution in [0.25, 0.3) is 0 Å². The van der Waals surface area contributed by atoms with Gasteiger partial charge in [0, 0.05) is 9.75 Å². The fourth-order valence-corrected chi connectivity index (χ4v) is 2.79. The zero-order valence-electron chi connectivity index (χ0n) is 10.0. The van der Waals surface area contributed by atoms with Crippen LogP contribution in [0.4, 0.5) is 4.39 Å². The lowest BCUT2D eigenvalue weighted by Crippen LogP contribution is -2.34. The number of hydrogen-bond donors (Lipinski definition) is 1. The summed E-state index contributed by atoms with van der Waals surface area (Å²) >= 11 is 1.67. The fourth-order valence-electron chi connectivity index (χ4n) is 1.87. The van der Waals surface area contributed by atoms with Crippen molar-refractivity contribution in [2.24, 2.45) is 5.73 Å². The molecule has 0 bridgehead atoms. The number of nitrogens with two attached hydrogens (primary N) is 1. The maximum absolute atomic E-state index is 13.6. The molecule has 0 amide bonds. The van der Waals surface area contributed by atoms with Crippen LogP contribution < -0.4 is 5.73 Å². The van der Waals surface area contributed by atoms with Crippen molar-refractivity contribution in [3.05, 3.63) is 57.5 Å². The molecule has 3 heteroatoms. The molecule has 1 heterocycles. The lowest BCUT2D eigenvalue weighted by atomic mass is 9.92. The standard InChI is InChI=1S/C14H16FNS/c1-10-7-8-13(17-10)14(2,16)9-11-5-3-4-6-12(11)15/h3-8H,9,16H2,1-2H3. The number of thiophene rings is 1. The summed E-state index contributed by atoms with van der Waals surface area (Å²) in [5.41, 5.74) is 6.45. The van der Waals surface area contributed by atoms with Crippen molar-refractivity contribution in [1.82, 2.24) is 0 Å². The van der Waals surface area contributed by atoms with E-state index in [2.05, 4.69) is 0 Å². The zero-order valence-corrected chi connectivity index (χ0v) is 10.9. The summed E-state index contributed by atoms with van der Waals surface area (Å²) in [5, 5.41) is 0. The molecule has 90 valence electrons. The number of aryl methyl sites for hydroxylation is 1. The van der Waals surface area contributed by atoms with Gasteiger partial charge in [-0.15, -0.1) is 11.3 Å². The van der Waals surface area contributed by atoms with Gasteiger partial charge in [-0.05, 0) is 44.0 Å². The van der Waals surface area contributed by atoms with E-state index < -0.39 is 5.54 Å². The maximum Gasteiger partial charge on any atom is 0.126 e. The Hall–Kier alpha value is -1.19. The highest BCUT2D eigenvalue weighted by Gasteiger charge is 2.24. The first-order valence-corrected chi connectivity index (χ1v) is 6.40. The van der Waals surface area contributed by atoms with Crippen LogP contribution in [0.2, 0.25) is 0 Å². The van der Waals surface area contributed by atoms with Crippen molar-refractivity contribution in [2.75, 3.05) is 0 Å². The van der Waals surface area contributed by atoms with E-state index in [0.717, 1.165) is 4.88 Å². The second kappa shape index (κ2) is 4.59. The van der Waals surface area contributed by atoms with E-state index in [0.29, 0.717) is 12.0 Å². The Morgan fingerprint density at radius 2 is 1.94 bits per heavy atom. The summed E-state index contributed by atoms with van der Waals surface area (Å²) in [6.07, 6.45) is 0.514. The molecule has 0 aliphatic heterocycles. The molecule has 0 aliphatic rings. The van der Waals surface area contributed by atoms with Gasteiger partial charge in [0.15, 0.2) is 0 Å². The number of benzene rings is 1. The van der Waals surface area contributed by atoms with Crippen molar-refractivity contribution < 1.29 is 4.39 Å². The first-order valence-electron chi connectivity index (χ1n) is 5.58. The van der Waals surface area contributed by atoms with Crippen LogP contribution >= 0.6 is 11.3 Å². The zero-order chi connectivity index (χ0) is 12.5. The van der Waals surface area contributed by atoms with Crippen LogP contribution in [0.5, 0.6) is 0 Å². The first kappa shape index (κ1) is 12.3. The van der Waals surface area contributed by atoms with Crippen LogP contribution in [0.3, 0.4) is 0 Å². The Morgan fingerprint density at radius 1 is 1.24 bits per heavy atom. The fraction of sp³-hybridized carbons (Fsp3) is 0.286. The quantitative estimate of drug-likeness (QED) is 0.883. The molecule has 17 heavy (non-hydrogen) atoms. The van der Waals surface area contributed by atoms with Gasteiger partial charge in [0.1, 0.15) is 5.82 Å². The molecule has 0 aliphatic carbocycles. The Labute approximate surface area is 105 Å². The Morgan fingerprint density at radius 3 is 2.53 bits per heavy atom. The molecule has 1 unspecified atom stereocenters. The minimum absolute atomic E-state index is 0.183. The van der Waals surface area contributed by atoms with E-state index in [4.69, 9.17) is 5.73 Å². The minimum atomic E-state index is -0.513. The van der Waals surface area contributed by atoms with Crippen LogP contribution in [-0.4, -0.2) is 0 Å². The number of rotatable bonds is 3. The molecule has 0 saturated carbocycles. The van der Waals surface area contributed by atoms with E-state index in [1.807, 2.05) is 32.0 Å². The van der Waals surface area contributed by atoms with Crippen LogP contribution in [0, 0.1) is 12.7 Å². The highest BCUT2D eigenvalue weighted by molar-refractivity contribution is 7.12. The Bertz CT molecular complexity index is 516. The first-order chi connectivity index (χ1) is 7.99.